The van der Waals surface area contributed by atoms with Crippen LogP contribution in [0.5, 0.6) is 5.75 Å². The summed E-state index contributed by atoms with van der Waals surface area (Å²) in [4.78, 5) is 24.2. The van der Waals surface area contributed by atoms with Gasteiger partial charge in [-0.05, 0) is 43.2 Å². The second-order valence-electron chi connectivity index (χ2n) is 6.12. The molecule has 0 fully saturated rings. The summed E-state index contributed by atoms with van der Waals surface area (Å²) in [6, 6.07) is 13.8. The van der Waals surface area contributed by atoms with Gasteiger partial charge in [-0.25, -0.2) is 9.59 Å². The smallest absolute Gasteiger partial charge is 0.347 e. The third-order valence-corrected chi connectivity index (χ3v) is 4.54. The molecule has 1 aromatic heterocycles. The summed E-state index contributed by atoms with van der Waals surface area (Å²) in [7, 11) is 0. The SMILES string of the molecule is CC[C@H](Oc1ccccc1)C(=O)OCc1cc(=O)oc2cc(C)c(Cl)cc12. The molecule has 1 heterocycles. The van der Waals surface area contributed by atoms with E-state index in [2.05, 4.69) is 0 Å². The minimum atomic E-state index is -0.732. The van der Waals surface area contributed by atoms with Crippen molar-refractivity contribution in [3.05, 3.63) is 75.1 Å². The van der Waals surface area contributed by atoms with Crippen LogP contribution in [0.3, 0.4) is 0 Å². The van der Waals surface area contributed by atoms with Gasteiger partial charge in [-0.3, -0.25) is 0 Å². The van der Waals surface area contributed by atoms with Crippen LogP contribution in [-0.2, 0) is 16.1 Å². The Morgan fingerprint density at radius 1 is 1.19 bits per heavy atom. The van der Waals surface area contributed by atoms with Gasteiger partial charge in [0.1, 0.15) is 17.9 Å². The van der Waals surface area contributed by atoms with E-state index < -0.39 is 17.7 Å². The zero-order valence-electron chi connectivity index (χ0n) is 15.0. The normalized spacial score (nSPS) is 12.0. The standard InChI is InChI=1S/C21H19ClO5/c1-3-18(26-15-7-5-4-6-8-15)21(24)25-12-14-10-20(23)27-19-9-13(2)17(22)11-16(14)19/h4-11,18H,3,12H2,1-2H3/t18-/m0/s1. The van der Waals surface area contributed by atoms with E-state index in [9.17, 15) is 9.59 Å². The first kappa shape index (κ1) is 19.0. The number of fused-ring (bicyclic) bond motifs is 1. The molecule has 0 radical (unpaired) electrons. The number of hydrogen-bond donors (Lipinski definition) is 0. The lowest BCUT2D eigenvalue weighted by molar-refractivity contribution is -0.153. The third kappa shape index (κ3) is 4.49. The number of rotatable bonds is 6. The quantitative estimate of drug-likeness (QED) is 0.455. The minimum absolute atomic E-state index is 0.0744. The fraction of sp³-hybridized carbons (Fsp3) is 0.238. The molecule has 0 bridgehead atoms. The van der Waals surface area contributed by atoms with Gasteiger partial charge in [0.15, 0.2) is 6.10 Å². The number of esters is 1. The molecular formula is C21H19ClO5. The molecule has 0 aliphatic carbocycles. The highest BCUT2D eigenvalue weighted by atomic mass is 35.5. The van der Waals surface area contributed by atoms with Crippen LogP contribution < -0.4 is 10.4 Å². The average Bonchev–Trinajstić information content (AvgIpc) is 2.66. The zero-order chi connectivity index (χ0) is 19.4. The maximum Gasteiger partial charge on any atom is 0.347 e. The number of halogens is 1. The van der Waals surface area contributed by atoms with Gasteiger partial charge in [0, 0.05) is 22.0 Å². The van der Waals surface area contributed by atoms with E-state index in [-0.39, 0.29) is 6.61 Å². The number of aryl methyl sites for hydroxylation is 1. The molecule has 5 nitrogen and oxygen atoms in total. The Bertz CT molecular complexity index is 1010. The van der Waals surface area contributed by atoms with Crippen molar-refractivity contribution in [2.45, 2.75) is 33.0 Å². The van der Waals surface area contributed by atoms with Crippen molar-refractivity contribution < 1.29 is 18.7 Å². The van der Waals surface area contributed by atoms with Crippen molar-refractivity contribution >= 4 is 28.5 Å². The van der Waals surface area contributed by atoms with E-state index in [0.29, 0.717) is 33.7 Å². The van der Waals surface area contributed by atoms with E-state index >= 15 is 0 Å². The van der Waals surface area contributed by atoms with E-state index in [4.69, 9.17) is 25.5 Å². The van der Waals surface area contributed by atoms with Crippen LogP contribution in [0.4, 0.5) is 0 Å². The molecule has 1 atom stereocenters. The molecule has 2 aromatic carbocycles. The maximum absolute atomic E-state index is 12.4. The lowest BCUT2D eigenvalue weighted by atomic mass is 10.1. The summed E-state index contributed by atoms with van der Waals surface area (Å²) < 4.78 is 16.3. The molecule has 0 aliphatic rings. The molecule has 0 saturated carbocycles. The van der Waals surface area contributed by atoms with Crippen molar-refractivity contribution in [3.63, 3.8) is 0 Å². The van der Waals surface area contributed by atoms with Crippen LogP contribution in [0, 0.1) is 6.92 Å². The fourth-order valence-corrected chi connectivity index (χ4v) is 2.83. The number of hydrogen-bond acceptors (Lipinski definition) is 5. The molecule has 0 unspecified atom stereocenters. The molecule has 27 heavy (non-hydrogen) atoms. The Labute approximate surface area is 161 Å². The Morgan fingerprint density at radius 3 is 2.63 bits per heavy atom. The van der Waals surface area contributed by atoms with Gasteiger partial charge < -0.3 is 13.9 Å². The molecule has 3 aromatic rings. The number of carbonyl (C=O) groups is 1. The largest absolute Gasteiger partial charge is 0.479 e. The van der Waals surface area contributed by atoms with Crippen LogP contribution in [-0.4, -0.2) is 12.1 Å². The molecular weight excluding hydrogens is 368 g/mol. The van der Waals surface area contributed by atoms with Crippen LogP contribution in [0.1, 0.15) is 24.5 Å². The predicted octanol–water partition coefficient (Wildman–Crippen LogP) is 4.66. The van der Waals surface area contributed by atoms with Gasteiger partial charge in [0.2, 0.25) is 0 Å². The average molecular weight is 387 g/mol. The van der Waals surface area contributed by atoms with Gasteiger partial charge in [-0.1, -0.05) is 36.7 Å². The van der Waals surface area contributed by atoms with Crippen LogP contribution >= 0.6 is 11.6 Å². The maximum atomic E-state index is 12.4. The van der Waals surface area contributed by atoms with E-state index in [1.807, 2.05) is 32.0 Å². The zero-order valence-corrected chi connectivity index (χ0v) is 15.8. The number of para-hydroxylation sites is 1. The predicted molar refractivity (Wildman–Crippen MR) is 103 cm³/mol. The lowest BCUT2D eigenvalue weighted by Crippen LogP contribution is -2.28. The van der Waals surface area contributed by atoms with Crippen molar-refractivity contribution in [3.8, 4) is 5.75 Å². The van der Waals surface area contributed by atoms with E-state index in [1.165, 1.54) is 6.07 Å². The molecule has 0 amide bonds. The first-order chi connectivity index (χ1) is 13.0. The summed E-state index contributed by atoms with van der Waals surface area (Å²) in [6.07, 6.45) is -0.277. The van der Waals surface area contributed by atoms with Gasteiger partial charge in [0.05, 0.1) is 0 Å². The second-order valence-corrected chi connectivity index (χ2v) is 6.53. The summed E-state index contributed by atoms with van der Waals surface area (Å²) in [5.74, 6) is 0.0929. The van der Waals surface area contributed by atoms with Crippen LogP contribution in [0.2, 0.25) is 5.02 Å². The van der Waals surface area contributed by atoms with Crippen molar-refractivity contribution in [2.24, 2.45) is 0 Å². The minimum Gasteiger partial charge on any atom is -0.479 e. The highest BCUT2D eigenvalue weighted by Crippen LogP contribution is 2.25. The monoisotopic (exact) mass is 386 g/mol. The summed E-state index contributed by atoms with van der Waals surface area (Å²) in [6.45, 7) is 3.58. The summed E-state index contributed by atoms with van der Waals surface area (Å²) in [5.41, 5.74) is 1.22. The highest BCUT2D eigenvalue weighted by molar-refractivity contribution is 6.32. The molecule has 0 N–H and O–H groups in total. The molecule has 0 saturated heterocycles. The number of carbonyl (C=O) groups excluding carboxylic acids is 1. The van der Waals surface area contributed by atoms with E-state index in [0.717, 1.165) is 5.56 Å². The van der Waals surface area contributed by atoms with Crippen molar-refractivity contribution in [2.75, 3.05) is 0 Å². The van der Waals surface area contributed by atoms with Gasteiger partial charge in [0.25, 0.3) is 0 Å². The van der Waals surface area contributed by atoms with Gasteiger partial charge in [-0.15, -0.1) is 0 Å². The Balaban J connectivity index is 1.78. The topological polar surface area (TPSA) is 65.7 Å². The molecule has 6 heteroatoms. The van der Waals surface area contributed by atoms with Gasteiger partial charge >= 0.3 is 11.6 Å². The van der Waals surface area contributed by atoms with Crippen molar-refractivity contribution in [1.82, 2.24) is 0 Å². The third-order valence-electron chi connectivity index (χ3n) is 4.13. The summed E-state index contributed by atoms with van der Waals surface area (Å²) >= 11 is 6.18. The van der Waals surface area contributed by atoms with Crippen molar-refractivity contribution in [1.29, 1.82) is 0 Å². The Hall–Kier alpha value is -2.79. The molecule has 3 rings (SSSR count). The first-order valence-electron chi connectivity index (χ1n) is 8.59. The van der Waals surface area contributed by atoms with Crippen LogP contribution in [0.15, 0.2) is 57.7 Å². The first-order valence-corrected chi connectivity index (χ1v) is 8.97. The highest BCUT2D eigenvalue weighted by Gasteiger charge is 2.21. The second kappa shape index (κ2) is 8.27. The molecule has 0 spiro atoms. The Morgan fingerprint density at radius 2 is 1.93 bits per heavy atom. The lowest BCUT2D eigenvalue weighted by Gasteiger charge is -2.16. The fourth-order valence-electron chi connectivity index (χ4n) is 2.67. The molecule has 140 valence electrons. The van der Waals surface area contributed by atoms with E-state index in [1.54, 1.807) is 24.3 Å². The number of ether oxygens (including phenoxy) is 2. The number of benzene rings is 2. The van der Waals surface area contributed by atoms with Crippen LogP contribution in [0.25, 0.3) is 11.0 Å². The summed E-state index contributed by atoms with van der Waals surface area (Å²) in [5, 5.41) is 1.18. The molecule has 0 aliphatic heterocycles. The van der Waals surface area contributed by atoms with Gasteiger partial charge in [-0.2, -0.15) is 0 Å². The Kier molecular flexibility index (Phi) is 5.81.